The third-order valence-electron chi connectivity index (χ3n) is 0.456. The quantitative estimate of drug-likeness (QED) is 0.570. The van der Waals surface area contributed by atoms with Gasteiger partial charge in [0.05, 0.1) is 12.5 Å². The first kappa shape index (κ1) is 7.75. The Bertz CT molecular complexity index is 66.2. The molecular weight excluding hydrogens is 121 g/mol. The molecule has 0 aliphatic rings. The van der Waals surface area contributed by atoms with Gasteiger partial charge in [-0.25, -0.2) is 0 Å². The summed E-state index contributed by atoms with van der Waals surface area (Å²) in [7, 11) is 0. The fourth-order valence-corrected chi connectivity index (χ4v) is 0.290. The van der Waals surface area contributed by atoms with Crippen LogP contribution in [0.2, 0.25) is 0 Å². The molecule has 0 saturated carbocycles. The van der Waals surface area contributed by atoms with E-state index in [-0.39, 0.29) is 0 Å². The molecule has 1 radical (unpaired) electrons. The fourth-order valence-electron chi connectivity index (χ4n) is 0.290. The van der Waals surface area contributed by atoms with Gasteiger partial charge in [-0.15, -0.1) is 0 Å². The summed E-state index contributed by atoms with van der Waals surface area (Å²) in [5, 5.41) is 8.08. The Labute approximate surface area is 45.1 Å². The topological polar surface area (TPSA) is 20.2 Å². The van der Waals surface area contributed by atoms with Crippen LogP contribution in [0.4, 0.5) is 13.2 Å². The zero-order valence-electron chi connectivity index (χ0n) is 4.29. The molecule has 0 aliphatic heterocycles. The molecule has 8 heavy (non-hydrogen) atoms. The smallest absolute Gasteiger partial charge is 0.387 e. The molecule has 0 spiro atoms. The van der Waals surface area contributed by atoms with Gasteiger partial charge >= 0.3 is 6.18 Å². The van der Waals surface area contributed by atoms with E-state index in [0.717, 1.165) is 6.92 Å². The Kier molecular flexibility index (Phi) is 2.27. The minimum Gasteiger partial charge on any atom is -0.387 e. The van der Waals surface area contributed by atoms with Crippen molar-refractivity contribution in [1.82, 2.24) is 0 Å². The summed E-state index contributed by atoms with van der Waals surface area (Å²) in [6, 6.07) is 0. The maximum Gasteiger partial charge on any atom is 0.391 e. The van der Waals surface area contributed by atoms with Crippen molar-refractivity contribution in [3.05, 3.63) is 6.10 Å². The van der Waals surface area contributed by atoms with E-state index in [4.69, 9.17) is 5.11 Å². The number of alkyl halides is 3. The zero-order valence-corrected chi connectivity index (χ0v) is 4.29. The summed E-state index contributed by atoms with van der Waals surface area (Å²) in [6.45, 7) is 1.02. The lowest BCUT2D eigenvalue weighted by molar-refractivity contribution is -0.138. The summed E-state index contributed by atoms with van der Waals surface area (Å²) in [5.41, 5.74) is 0. The van der Waals surface area contributed by atoms with Crippen molar-refractivity contribution in [2.45, 2.75) is 19.5 Å². The molecule has 0 fully saturated rings. The van der Waals surface area contributed by atoms with Crippen LogP contribution < -0.4 is 0 Å². The zero-order chi connectivity index (χ0) is 6.78. The Morgan fingerprint density at radius 1 is 1.50 bits per heavy atom. The second-order valence-corrected chi connectivity index (χ2v) is 1.53. The molecule has 4 heteroatoms. The normalized spacial score (nSPS) is 12.8. The van der Waals surface area contributed by atoms with Crippen LogP contribution in [0.25, 0.3) is 0 Å². The third-order valence-corrected chi connectivity index (χ3v) is 0.456. The molecule has 0 aliphatic carbocycles. The Hall–Kier alpha value is -0.250. The Balaban J connectivity index is 3.39. The second-order valence-electron chi connectivity index (χ2n) is 1.53. The summed E-state index contributed by atoms with van der Waals surface area (Å²) < 4.78 is 33.4. The van der Waals surface area contributed by atoms with E-state index in [1.807, 2.05) is 0 Å². The van der Waals surface area contributed by atoms with Crippen LogP contribution in [0.5, 0.6) is 0 Å². The number of aliphatic hydroxyl groups excluding tert-OH is 1. The van der Waals surface area contributed by atoms with E-state index in [9.17, 15) is 13.2 Å². The van der Waals surface area contributed by atoms with Gasteiger partial charge in [0.15, 0.2) is 0 Å². The third kappa shape index (κ3) is 5.75. The van der Waals surface area contributed by atoms with Crippen molar-refractivity contribution in [3.8, 4) is 0 Å². The predicted molar refractivity (Wildman–Crippen MR) is 21.5 cm³/mol. The van der Waals surface area contributed by atoms with E-state index in [0.29, 0.717) is 0 Å². The standard InChI is InChI=1S/C4H6F3O/c1-3(8)2-4(5,6)7/h8H,2H2,1H3. The second kappa shape index (κ2) is 2.35. The van der Waals surface area contributed by atoms with Gasteiger partial charge < -0.3 is 5.11 Å². The van der Waals surface area contributed by atoms with Crippen molar-refractivity contribution < 1.29 is 18.3 Å². The monoisotopic (exact) mass is 127 g/mol. The van der Waals surface area contributed by atoms with Gasteiger partial charge in [-0.2, -0.15) is 13.2 Å². The van der Waals surface area contributed by atoms with Crippen molar-refractivity contribution in [1.29, 1.82) is 0 Å². The molecule has 1 nitrogen and oxygen atoms in total. The molecule has 0 unspecified atom stereocenters. The van der Waals surface area contributed by atoms with Crippen LogP contribution >= 0.6 is 0 Å². The molecule has 0 heterocycles. The first-order valence-electron chi connectivity index (χ1n) is 2.00. The maximum atomic E-state index is 11.1. The molecule has 0 saturated heterocycles. The van der Waals surface area contributed by atoms with Crippen molar-refractivity contribution in [2.75, 3.05) is 0 Å². The van der Waals surface area contributed by atoms with Crippen LogP contribution in [-0.4, -0.2) is 11.3 Å². The summed E-state index contributed by atoms with van der Waals surface area (Å²) in [5.74, 6) is 0. The average molecular weight is 127 g/mol. The van der Waals surface area contributed by atoms with E-state index in [2.05, 4.69) is 0 Å². The van der Waals surface area contributed by atoms with Crippen LogP contribution in [-0.2, 0) is 0 Å². The van der Waals surface area contributed by atoms with Gasteiger partial charge in [0.1, 0.15) is 0 Å². The highest BCUT2D eigenvalue weighted by Crippen LogP contribution is 2.23. The van der Waals surface area contributed by atoms with Gasteiger partial charge in [0.2, 0.25) is 0 Å². The maximum absolute atomic E-state index is 11.1. The van der Waals surface area contributed by atoms with Crippen LogP contribution in [0, 0.1) is 6.10 Å². The summed E-state index contributed by atoms with van der Waals surface area (Å²) in [6.07, 6.45) is -6.07. The van der Waals surface area contributed by atoms with Gasteiger partial charge in [-0.1, -0.05) is 0 Å². The number of hydrogen-bond acceptors (Lipinski definition) is 1. The van der Waals surface area contributed by atoms with Crippen LogP contribution in [0.1, 0.15) is 13.3 Å². The number of aliphatic hydroxyl groups is 1. The Morgan fingerprint density at radius 3 is 1.88 bits per heavy atom. The highest BCUT2D eigenvalue weighted by Gasteiger charge is 2.29. The summed E-state index contributed by atoms with van der Waals surface area (Å²) in [4.78, 5) is 0. The van der Waals surface area contributed by atoms with E-state index in [1.54, 1.807) is 0 Å². The molecule has 0 aromatic heterocycles. The number of hydrogen-bond donors (Lipinski definition) is 1. The molecule has 49 valence electrons. The van der Waals surface area contributed by atoms with Crippen LogP contribution in [0.15, 0.2) is 0 Å². The van der Waals surface area contributed by atoms with Crippen molar-refractivity contribution in [2.24, 2.45) is 0 Å². The minimum atomic E-state index is -4.27. The molecule has 0 aromatic carbocycles. The average Bonchev–Trinajstić information content (AvgIpc) is 1.21. The molecule has 0 rings (SSSR count). The lowest BCUT2D eigenvalue weighted by Gasteiger charge is -2.05. The van der Waals surface area contributed by atoms with E-state index in [1.165, 1.54) is 0 Å². The van der Waals surface area contributed by atoms with Gasteiger partial charge in [0.25, 0.3) is 0 Å². The van der Waals surface area contributed by atoms with E-state index < -0.39 is 18.7 Å². The van der Waals surface area contributed by atoms with E-state index >= 15 is 0 Å². The molecular formula is C4H6F3O. The predicted octanol–water partition coefficient (Wildman–Crippen LogP) is 1.86. The van der Waals surface area contributed by atoms with Gasteiger partial charge in [-0.3, -0.25) is 0 Å². The largest absolute Gasteiger partial charge is 0.391 e. The minimum absolute atomic E-state index is 0.600. The van der Waals surface area contributed by atoms with Gasteiger partial charge in [-0.05, 0) is 6.92 Å². The van der Waals surface area contributed by atoms with Gasteiger partial charge in [0, 0.05) is 0 Å². The highest BCUT2D eigenvalue weighted by molar-refractivity contribution is 4.71. The lowest BCUT2D eigenvalue weighted by atomic mass is 10.3. The number of halogens is 3. The number of rotatable bonds is 1. The lowest BCUT2D eigenvalue weighted by Crippen LogP contribution is -2.10. The first-order chi connectivity index (χ1) is 3.42. The molecule has 0 amide bonds. The Morgan fingerprint density at radius 2 is 1.88 bits per heavy atom. The molecule has 0 aromatic rings. The van der Waals surface area contributed by atoms with Crippen molar-refractivity contribution >= 4 is 0 Å². The fraction of sp³-hybridized carbons (Fsp3) is 0.750. The van der Waals surface area contributed by atoms with Crippen molar-refractivity contribution in [3.63, 3.8) is 0 Å². The molecule has 1 N–H and O–H groups in total. The summed E-state index contributed by atoms with van der Waals surface area (Å²) >= 11 is 0. The van der Waals surface area contributed by atoms with Crippen LogP contribution in [0.3, 0.4) is 0 Å². The highest BCUT2D eigenvalue weighted by atomic mass is 19.4. The SMILES string of the molecule is C[C](O)CC(F)(F)F. The first-order valence-corrected chi connectivity index (χ1v) is 2.00. The molecule has 0 bridgehead atoms. The molecule has 0 atom stereocenters.